The van der Waals surface area contributed by atoms with E-state index in [1.165, 1.54) is 0 Å². The topological polar surface area (TPSA) is 58.4 Å². The van der Waals surface area contributed by atoms with Gasteiger partial charge in [-0.15, -0.1) is 24.8 Å². The molecule has 0 saturated heterocycles. The van der Waals surface area contributed by atoms with Crippen LogP contribution in [0.4, 0.5) is 0 Å². The number of imidazole rings is 1. The summed E-state index contributed by atoms with van der Waals surface area (Å²) in [5.41, 5.74) is 2.94. The van der Waals surface area contributed by atoms with Crippen LogP contribution in [0.25, 0.3) is 5.65 Å². The number of carbonyl (C=O) groups is 1. The molecule has 0 bridgehead atoms. The number of pyridine rings is 1. The minimum Gasteiger partial charge on any atom is -0.350 e. The van der Waals surface area contributed by atoms with Gasteiger partial charge in [0.25, 0.3) is 0 Å². The first-order valence-electron chi connectivity index (χ1n) is 6.55. The molecule has 0 aliphatic rings. The summed E-state index contributed by atoms with van der Waals surface area (Å²) >= 11 is 0. The molecule has 21 heavy (non-hydrogen) atoms. The van der Waals surface area contributed by atoms with Gasteiger partial charge >= 0.3 is 0 Å². The molecule has 0 unspecified atom stereocenters. The number of aryl methyl sites for hydroxylation is 1. The second kappa shape index (κ2) is 9.60. The molecule has 2 rings (SSSR count). The number of fused-ring (bicyclic) bond motifs is 1. The summed E-state index contributed by atoms with van der Waals surface area (Å²) in [6.45, 7) is 3.38. The number of nitrogens with zero attached hydrogens (tertiary/aromatic N) is 2. The van der Waals surface area contributed by atoms with Crippen LogP contribution in [0, 0.1) is 6.92 Å². The third-order valence-electron chi connectivity index (χ3n) is 3.04. The molecule has 2 aromatic rings. The molecule has 0 saturated carbocycles. The molecule has 0 radical (unpaired) electrons. The Morgan fingerprint density at radius 2 is 2.10 bits per heavy atom. The van der Waals surface area contributed by atoms with E-state index in [1.54, 1.807) is 0 Å². The summed E-state index contributed by atoms with van der Waals surface area (Å²) in [5, 5.41) is 5.92. The van der Waals surface area contributed by atoms with E-state index in [9.17, 15) is 4.79 Å². The van der Waals surface area contributed by atoms with Crippen molar-refractivity contribution in [1.82, 2.24) is 20.0 Å². The van der Waals surface area contributed by atoms with Crippen LogP contribution in [0.1, 0.15) is 24.2 Å². The van der Waals surface area contributed by atoms with Gasteiger partial charge in [0, 0.05) is 18.3 Å². The number of rotatable bonds is 6. The fourth-order valence-corrected chi connectivity index (χ4v) is 1.99. The highest BCUT2D eigenvalue weighted by atomic mass is 35.5. The van der Waals surface area contributed by atoms with Gasteiger partial charge in [0.05, 0.1) is 12.2 Å². The fourth-order valence-electron chi connectivity index (χ4n) is 1.99. The second-order valence-corrected chi connectivity index (χ2v) is 4.61. The van der Waals surface area contributed by atoms with E-state index in [4.69, 9.17) is 0 Å². The summed E-state index contributed by atoms with van der Waals surface area (Å²) in [4.78, 5) is 16.1. The minimum atomic E-state index is 0. The summed E-state index contributed by atoms with van der Waals surface area (Å²) in [7, 11) is 1.89. The molecular formula is C14H22Cl2N4O. The first kappa shape index (κ1) is 19.7. The Bertz CT molecular complexity index is 571. The Hall–Kier alpha value is -1.30. The molecule has 2 heterocycles. The number of hydrogen-bond donors (Lipinski definition) is 2. The first-order valence-corrected chi connectivity index (χ1v) is 6.55. The number of carbonyl (C=O) groups excluding carboxylic acids is 1. The van der Waals surface area contributed by atoms with Crippen molar-refractivity contribution >= 4 is 36.4 Å². The molecule has 118 valence electrons. The molecule has 7 heteroatoms. The lowest BCUT2D eigenvalue weighted by Gasteiger charge is -2.02. The first-order chi connectivity index (χ1) is 9.20. The number of aromatic nitrogens is 2. The van der Waals surface area contributed by atoms with E-state index < -0.39 is 0 Å². The molecule has 0 aromatic carbocycles. The highest BCUT2D eigenvalue weighted by molar-refractivity contribution is 5.85. The molecule has 0 atom stereocenters. The van der Waals surface area contributed by atoms with Crippen LogP contribution in [0.5, 0.6) is 0 Å². The van der Waals surface area contributed by atoms with Gasteiger partial charge in [-0.3, -0.25) is 4.79 Å². The van der Waals surface area contributed by atoms with Crippen LogP contribution in [0.2, 0.25) is 0 Å². The van der Waals surface area contributed by atoms with Crippen molar-refractivity contribution in [2.45, 2.75) is 26.3 Å². The van der Waals surface area contributed by atoms with Crippen LogP contribution in [0.3, 0.4) is 0 Å². The number of hydrogen-bond acceptors (Lipinski definition) is 3. The van der Waals surface area contributed by atoms with Crippen molar-refractivity contribution in [3.8, 4) is 0 Å². The zero-order valence-corrected chi connectivity index (χ0v) is 13.9. The maximum atomic E-state index is 11.6. The van der Waals surface area contributed by atoms with Crippen LogP contribution in [0.15, 0.2) is 24.4 Å². The SMILES string of the molecule is CNCCCC(=O)NCc1cn2c(C)cccc2n1.Cl.Cl. The Labute approximate surface area is 137 Å². The Kier molecular flexibility index (Phi) is 9.01. The van der Waals surface area contributed by atoms with E-state index >= 15 is 0 Å². The average Bonchev–Trinajstić information content (AvgIpc) is 2.81. The van der Waals surface area contributed by atoms with Gasteiger partial charge in [-0.2, -0.15) is 0 Å². The highest BCUT2D eigenvalue weighted by Crippen LogP contribution is 2.08. The minimum absolute atomic E-state index is 0. The molecule has 5 nitrogen and oxygen atoms in total. The Balaban J connectivity index is 0.00000200. The lowest BCUT2D eigenvalue weighted by molar-refractivity contribution is -0.121. The zero-order chi connectivity index (χ0) is 13.7. The van der Waals surface area contributed by atoms with Crippen LogP contribution in [-0.2, 0) is 11.3 Å². The maximum Gasteiger partial charge on any atom is 0.220 e. The molecule has 2 N–H and O–H groups in total. The van der Waals surface area contributed by atoms with Crippen LogP contribution in [-0.4, -0.2) is 28.9 Å². The predicted molar refractivity (Wildman–Crippen MR) is 89.4 cm³/mol. The van der Waals surface area contributed by atoms with E-state index in [0.29, 0.717) is 13.0 Å². The van der Waals surface area contributed by atoms with Crippen molar-refractivity contribution in [3.63, 3.8) is 0 Å². The van der Waals surface area contributed by atoms with E-state index in [1.807, 2.05) is 42.8 Å². The predicted octanol–water partition coefficient (Wildman–Crippen LogP) is 2.10. The van der Waals surface area contributed by atoms with Gasteiger partial charge in [0.2, 0.25) is 5.91 Å². The average molecular weight is 333 g/mol. The van der Waals surface area contributed by atoms with Crippen molar-refractivity contribution < 1.29 is 4.79 Å². The summed E-state index contributed by atoms with van der Waals surface area (Å²) < 4.78 is 2.03. The molecule has 2 aromatic heterocycles. The molecule has 0 spiro atoms. The van der Waals surface area contributed by atoms with Gasteiger partial charge < -0.3 is 15.0 Å². The Morgan fingerprint density at radius 1 is 1.33 bits per heavy atom. The molecule has 1 amide bonds. The smallest absolute Gasteiger partial charge is 0.220 e. The number of nitrogens with one attached hydrogen (secondary N) is 2. The lowest BCUT2D eigenvalue weighted by Crippen LogP contribution is -2.23. The summed E-state index contributed by atoms with van der Waals surface area (Å²) in [5.74, 6) is 0.0732. The number of halogens is 2. The maximum absolute atomic E-state index is 11.6. The molecule has 0 aliphatic carbocycles. The molecular weight excluding hydrogens is 311 g/mol. The van der Waals surface area contributed by atoms with Crippen LogP contribution >= 0.6 is 24.8 Å². The summed E-state index contributed by atoms with van der Waals surface area (Å²) in [6.07, 6.45) is 3.37. The van der Waals surface area contributed by atoms with Gasteiger partial charge in [0.15, 0.2) is 0 Å². The highest BCUT2D eigenvalue weighted by Gasteiger charge is 2.05. The standard InChI is InChI=1S/C14H20N4O.2ClH/c1-11-5-3-6-13-17-12(10-18(11)13)9-16-14(19)7-4-8-15-2;;/h3,5-6,10,15H,4,7-9H2,1-2H3,(H,16,19);2*1H. The van der Waals surface area contributed by atoms with Gasteiger partial charge in [-0.25, -0.2) is 4.98 Å². The van der Waals surface area contributed by atoms with Gasteiger partial charge in [-0.05, 0) is 39.1 Å². The van der Waals surface area contributed by atoms with Gasteiger partial charge in [0.1, 0.15) is 5.65 Å². The lowest BCUT2D eigenvalue weighted by atomic mass is 10.3. The van der Waals surface area contributed by atoms with E-state index in [-0.39, 0.29) is 30.7 Å². The number of amides is 1. The monoisotopic (exact) mass is 332 g/mol. The third kappa shape index (κ3) is 5.53. The summed E-state index contributed by atoms with van der Waals surface area (Å²) in [6, 6.07) is 5.98. The van der Waals surface area contributed by atoms with Crippen molar-refractivity contribution in [1.29, 1.82) is 0 Å². The van der Waals surface area contributed by atoms with Crippen molar-refractivity contribution in [3.05, 3.63) is 35.8 Å². The second-order valence-electron chi connectivity index (χ2n) is 4.61. The fraction of sp³-hybridized carbons (Fsp3) is 0.429. The normalized spacial score (nSPS) is 9.81. The van der Waals surface area contributed by atoms with Gasteiger partial charge in [-0.1, -0.05) is 6.07 Å². The van der Waals surface area contributed by atoms with E-state index in [0.717, 1.165) is 30.0 Å². The Morgan fingerprint density at radius 3 is 2.76 bits per heavy atom. The zero-order valence-electron chi connectivity index (χ0n) is 12.3. The quantitative estimate of drug-likeness (QED) is 0.796. The molecule has 0 fully saturated rings. The molecule has 0 aliphatic heterocycles. The van der Waals surface area contributed by atoms with E-state index in [2.05, 4.69) is 15.6 Å². The largest absolute Gasteiger partial charge is 0.350 e. The third-order valence-corrected chi connectivity index (χ3v) is 3.04. The van der Waals surface area contributed by atoms with Crippen LogP contribution < -0.4 is 10.6 Å². The van der Waals surface area contributed by atoms with Crippen molar-refractivity contribution in [2.75, 3.05) is 13.6 Å². The van der Waals surface area contributed by atoms with Crippen molar-refractivity contribution in [2.24, 2.45) is 0 Å².